The zero-order valence-electron chi connectivity index (χ0n) is 14.1. The highest BCUT2D eigenvalue weighted by Crippen LogP contribution is 2.87. The first-order valence-electron chi connectivity index (χ1n) is 10.1. The molecule has 0 saturated heterocycles. The first kappa shape index (κ1) is 13.3. The van der Waals surface area contributed by atoms with Crippen molar-refractivity contribution >= 4 is 0 Å². The average molecular weight is 304 g/mol. The zero-order valence-corrected chi connectivity index (χ0v) is 14.1. The van der Waals surface area contributed by atoms with Gasteiger partial charge in [-0.25, -0.2) is 0 Å². The number of hydrogen-bond donors (Lipinski definition) is 0. The molecule has 0 aromatic heterocycles. The SMILES string of the molecule is C1=CC2(C3CCCC3)CC23C2CC(c4ccccc4)C(C2)C3C1. The van der Waals surface area contributed by atoms with Crippen molar-refractivity contribution in [2.45, 2.75) is 57.3 Å². The van der Waals surface area contributed by atoms with Crippen molar-refractivity contribution in [2.24, 2.45) is 34.5 Å². The van der Waals surface area contributed by atoms with E-state index in [4.69, 9.17) is 0 Å². The van der Waals surface area contributed by atoms with Crippen LogP contribution in [0, 0.1) is 34.5 Å². The Hall–Kier alpha value is -1.04. The molecule has 6 unspecified atom stereocenters. The van der Waals surface area contributed by atoms with E-state index >= 15 is 0 Å². The van der Waals surface area contributed by atoms with E-state index in [1.54, 1.807) is 18.4 Å². The van der Waals surface area contributed by atoms with Crippen LogP contribution in [-0.2, 0) is 0 Å². The van der Waals surface area contributed by atoms with Crippen LogP contribution in [0.3, 0.4) is 0 Å². The van der Waals surface area contributed by atoms with E-state index < -0.39 is 0 Å². The summed E-state index contributed by atoms with van der Waals surface area (Å²) in [7, 11) is 0. The van der Waals surface area contributed by atoms with Gasteiger partial charge in [-0.05, 0) is 84.5 Å². The predicted octanol–water partition coefficient (Wildman–Crippen LogP) is 5.95. The minimum Gasteiger partial charge on any atom is -0.0876 e. The third-order valence-electron chi connectivity index (χ3n) is 8.96. The number of allylic oxidation sites excluding steroid dienone is 2. The topological polar surface area (TPSA) is 0 Å². The molecule has 6 rings (SSSR count). The van der Waals surface area contributed by atoms with Crippen LogP contribution in [0.2, 0.25) is 0 Å². The van der Waals surface area contributed by atoms with Crippen LogP contribution in [0.15, 0.2) is 42.5 Å². The Morgan fingerprint density at radius 2 is 1.74 bits per heavy atom. The Morgan fingerprint density at radius 3 is 2.57 bits per heavy atom. The molecule has 0 N–H and O–H groups in total. The minimum absolute atomic E-state index is 0.660. The van der Waals surface area contributed by atoms with Crippen LogP contribution in [-0.4, -0.2) is 0 Å². The summed E-state index contributed by atoms with van der Waals surface area (Å²) < 4.78 is 0. The zero-order chi connectivity index (χ0) is 15.1. The van der Waals surface area contributed by atoms with Gasteiger partial charge in [-0.15, -0.1) is 0 Å². The maximum Gasteiger partial charge on any atom is -0.00220 e. The van der Waals surface area contributed by atoms with E-state index in [2.05, 4.69) is 42.5 Å². The molecule has 0 radical (unpaired) electrons. The Kier molecular flexibility index (Phi) is 2.49. The quantitative estimate of drug-likeness (QED) is 0.592. The molecule has 0 nitrogen and oxygen atoms in total. The molecule has 5 aliphatic carbocycles. The fourth-order valence-corrected chi connectivity index (χ4v) is 8.27. The van der Waals surface area contributed by atoms with Crippen molar-refractivity contribution in [3.05, 3.63) is 48.0 Å². The van der Waals surface area contributed by atoms with E-state index in [1.807, 2.05) is 0 Å². The monoisotopic (exact) mass is 304 g/mol. The van der Waals surface area contributed by atoms with Crippen molar-refractivity contribution in [3.63, 3.8) is 0 Å². The summed E-state index contributed by atoms with van der Waals surface area (Å²) in [4.78, 5) is 0. The molecule has 5 aliphatic rings. The third-order valence-corrected chi connectivity index (χ3v) is 8.96. The Balaban J connectivity index is 1.37. The fraction of sp³-hybridized carbons (Fsp3) is 0.652. The fourth-order valence-electron chi connectivity index (χ4n) is 8.27. The molecule has 23 heavy (non-hydrogen) atoms. The summed E-state index contributed by atoms with van der Waals surface area (Å²) in [6.45, 7) is 0. The summed E-state index contributed by atoms with van der Waals surface area (Å²) in [6.07, 6.45) is 17.4. The van der Waals surface area contributed by atoms with Gasteiger partial charge in [-0.1, -0.05) is 55.3 Å². The van der Waals surface area contributed by atoms with Gasteiger partial charge >= 0.3 is 0 Å². The standard InChI is InChI=1S/C23H28/c1-2-7-16(8-3-1)19-13-18-14-20(19)21-11-6-12-22(15-23(18,21)22)17-9-4-5-10-17/h1-3,6-8,12,17-21H,4-5,9-11,13-15H2. The summed E-state index contributed by atoms with van der Waals surface area (Å²) in [5, 5.41) is 0. The Labute approximate surface area is 140 Å². The van der Waals surface area contributed by atoms with E-state index in [1.165, 1.54) is 38.5 Å². The molecule has 2 bridgehead atoms. The normalized spacial score (nSPS) is 50.1. The van der Waals surface area contributed by atoms with Crippen molar-refractivity contribution in [3.8, 4) is 0 Å². The van der Waals surface area contributed by atoms with Crippen molar-refractivity contribution < 1.29 is 0 Å². The van der Waals surface area contributed by atoms with E-state index in [0.717, 1.165) is 35.0 Å². The lowest BCUT2D eigenvalue weighted by molar-refractivity contribution is 0.108. The van der Waals surface area contributed by atoms with Gasteiger partial charge in [0.05, 0.1) is 0 Å². The molecular weight excluding hydrogens is 276 g/mol. The number of hydrogen-bond acceptors (Lipinski definition) is 0. The van der Waals surface area contributed by atoms with Gasteiger partial charge in [0, 0.05) is 0 Å². The average Bonchev–Trinajstić information content (AvgIpc) is 3.03. The second kappa shape index (κ2) is 4.32. The molecular formula is C23H28. The van der Waals surface area contributed by atoms with Crippen molar-refractivity contribution in [1.29, 1.82) is 0 Å². The van der Waals surface area contributed by atoms with E-state index in [9.17, 15) is 0 Å². The molecule has 0 heteroatoms. The second-order valence-electron chi connectivity index (χ2n) is 9.33. The minimum atomic E-state index is 0.660. The van der Waals surface area contributed by atoms with Gasteiger partial charge in [0.2, 0.25) is 0 Å². The van der Waals surface area contributed by atoms with E-state index in [0.29, 0.717) is 5.41 Å². The Bertz CT molecular complexity index is 652. The highest BCUT2D eigenvalue weighted by Gasteiger charge is 2.80. The van der Waals surface area contributed by atoms with Gasteiger partial charge in [-0.3, -0.25) is 0 Å². The number of rotatable bonds is 2. The summed E-state index contributed by atoms with van der Waals surface area (Å²) in [5.74, 6) is 4.93. The van der Waals surface area contributed by atoms with Gasteiger partial charge < -0.3 is 0 Å². The molecule has 4 saturated carbocycles. The molecule has 6 atom stereocenters. The maximum absolute atomic E-state index is 2.73. The summed E-state index contributed by atoms with van der Waals surface area (Å²) in [6, 6.07) is 11.5. The molecule has 1 aromatic rings. The third kappa shape index (κ3) is 1.46. The second-order valence-corrected chi connectivity index (χ2v) is 9.33. The maximum atomic E-state index is 2.73. The lowest BCUT2D eigenvalue weighted by Crippen LogP contribution is -2.36. The first-order valence-corrected chi connectivity index (χ1v) is 10.1. The van der Waals surface area contributed by atoms with Gasteiger partial charge in [0.1, 0.15) is 0 Å². The summed E-state index contributed by atoms with van der Waals surface area (Å²) in [5.41, 5.74) is 3.05. The largest absolute Gasteiger partial charge is 0.0876 e. The van der Waals surface area contributed by atoms with Gasteiger partial charge in [-0.2, -0.15) is 0 Å². The van der Waals surface area contributed by atoms with Crippen LogP contribution in [0.1, 0.15) is 62.8 Å². The molecule has 1 aromatic carbocycles. The highest BCUT2D eigenvalue weighted by atomic mass is 14.8. The Morgan fingerprint density at radius 1 is 0.913 bits per heavy atom. The van der Waals surface area contributed by atoms with Gasteiger partial charge in [0.15, 0.2) is 0 Å². The van der Waals surface area contributed by atoms with E-state index in [-0.39, 0.29) is 0 Å². The molecule has 0 aliphatic heterocycles. The molecule has 0 amide bonds. The lowest BCUT2D eigenvalue weighted by Gasteiger charge is -2.43. The number of fused-ring (bicyclic) bond motifs is 3. The molecule has 4 fully saturated rings. The van der Waals surface area contributed by atoms with Crippen LogP contribution < -0.4 is 0 Å². The van der Waals surface area contributed by atoms with Crippen LogP contribution in [0.4, 0.5) is 0 Å². The smallest absolute Gasteiger partial charge is 0.00220 e. The van der Waals surface area contributed by atoms with Crippen LogP contribution >= 0.6 is 0 Å². The molecule has 120 valence electrons. The van der Waals surface area contributed by atoms with Crippen LogP contribution in [0.5, 0.6) is 0 Å². The molecule has 0 heterocycles. The lowest BCUT2D eigenvalue weighted by atomic mass is 9.61. The summed E-state index contributed by atoms with van der Waals surface area (Å²) >= 11 is 0. The van der Waals surface area contributed by atoms with Crippen LogP contribution in [0.25, 0.3) is 0 Å². The van der Waals surface area contributed by atoms with Crippen molar-refractivity contribution in [1.82, 2.24) is 0 Å². The molecule has 1 spiro atoms. The van der Waals surface area contributed by atoms with Gasteiger partial charge in [0.25, 0.3) is 0 Å². The predicted molar refractivity (Wildman–Crippen MR) is 94.1 cm³/mol. The highest BCUT2D eigenvalue weighted by molar-refractivity contribution is 5.38. The van der Waals surface area contributed by atoms with Crippen molar-refractivity contribution in [2.75, 3.05) is 0 Å². The first-order chi connectivity index (χ1) is 11.4. The number of benzene rings is 1.